The summed E-state index contributed by atoms with van der Waals surface area (Å²) >= 11 is 5.79. The van der Waals surface area contributed by atoms with Crippen LogP contribution >= 0.6 is 11.6 Å². The Morgan fingerprint density at radius 3 is 2.59 bits per heavy atom. The Balaban J connectivity index is 2.11. The summed E-state index contributed by atoms with van der Waals surface area (Å²) in [5, 5.41) is 2.36. The minimum Gasteiger partial charge on any atom is -0.493 e. The number of amides is 1. The van der Waals surface area contributed by atoms with Crippen LogP contribution in [0.4, 0.5) is 33.3 Å². The minimum absolute atomic E-state index is 0.00265. The van der Waals surface area contributed by atoms with Crippen LogP contribution in [-0.4, -0.2) is 35.9 Å². The molecule has 0 spiro atoms. The van der Waals surface area contributed by atoms with Crippen molar-refractivity contribution < 1.29 is 36.2 Å². The molecule has 1 aliphatic heterocycles. The number of halogens is 6. The van der Waals surface area contributed by atoms with Crippen molar-refractivity contribution in [3.05, 3.63) is 46.7 Å². The summed E-state index contributed by atoms with van der Waals surface area (Å²) in [6, 6.07) is 3.03. The van der Waals surface area contributed by atoms with Gasteiger partial charge >= 0.3 is 6.18 Å². The number of ether oxygens (including phenoxy) is 2. The Bertz CT molecular complexity index is 1050. The number of nitrogens with zero attached hydrogens (tertiary/aromatic N) is 1. The number of methoxy groups -OCH3 is 1. The maximum absolute atomic E-state index is 14.3. The number of carbonyl (C=O) groups is 1. The van der Waals surface area contributed by atoms with E-state index in [1.54, 1.807) is 0 Å². The molecule has 32 heavy (non-hydrogen) atoms. The lowest BCUT2D eigenvalue weighted by molar-refractivity contribution is -0.272. The Morgan fingerprint density at radius 2 is 2.00 bits per heavy atom. The quantitative estimate of drug-likeness (QED) is 0.491. The van der Waals surface area contributed by atoms with E-state index in [1.165, 1.54) is 13.0 Å². The fraction of sp³-hybridized carbons (Fsp3) is 0.400. The SMILES string of the molecule is COc1c([C@H]2[C@H](C(=O)Nc3cc(Cl)ncc3N)O[C@@](C)(C(F)(F)F)[C@H]2C)ccc(F)c1F. The Kier molecular flexibility index (Phi) is 6.27. The van der Waals surface area contributed by atoms with Gasteiger partial charge in [-0.15, -0.1) is 0 Å². The lowest BCUT2D eigenvalue weighted by atomic mass is 9.77. The summed E-state index contributed by atoms with van der Waals surface area (Å²) in [6.07, 6.45) is -5.46. The standard InChI is InChI=1S/C20H19ClF5N3O3/c1-8-14(9-4-5-10(22)15(23)16(9)31-3)17(32-19(8,2)20(24,25)26)18(30)29-12-6-13(21)28-7-11(12)27/h4-8,14,17H,27H2,1-3H3,(H,28,29,30)/t8-,14-,17+,19+/m0/s1. The first kappa shape index (κ1) is 24.0. The van der Waals surface area contributed by atoms with E-state index in [0.29, 0.717) is 0 Å². The van der Waals surface area contributed by atoms with Crippen molar-refractivity contribution in [2.75, 3.05) is 18.2 Å². The van der Waals surface area contributed by atoms with Crippen molar-refractivity contribution in [3.8, 4) is 5.75 Å². The van der Waals surface area contributed by atoms with E-state index in [2.05, 4.69) is 10.3 Å². The number of nitrogens with one attached hydrogen (secondary N) is 1. The highest BCUT2D eigenvalue weighted by Gasteiger charge is 2.65. The molecule has 4 atom stereocenters. The van der Waals surface area contributed by atoms with Crippen LogP contribution in [0.15, 0.2) is 24.4 Å². The first-order valence-electron chi connectivity index (χ1n) is 9.30. The highest BCUT2D eigenvalue weighted by atomic mass is 35.5. The van der Waals surface area contributed by atoms with Crippen LogP contribution in [0.5, 0.6) is 5.75 Å². The van der Waals surface area contributed by atoms with E-state index in [4.69, 9.17) is 26.8 Å². The zero-order valence-electron chi connectivity index (χ0n) is 17.1. The molecule has 1 amide bonds. The van der Waals surface area contributed by atoms with Crippen LogP contribution in [0.1, 0.15) is 25.3 Å². The van der Waals surface area contributed by atoms with Crippen LogP contribution in [0, 0.1) is 17.6 Å². The van der Waals surface area contributed by atoms with Crippen molar-refractivity contribution >= 4 is 28.9 Å². The molecule has 1 aliphatic rings. The van der Waals surface area contributed by atoms with Gasteiger partial charge in [0.25, 0.3) is 5.91 Å². The van der Waals surface area contributed by atoms with E-state index in [-0.39, 0.29) is 22.1 Å². The average Bonchev–Trinajstić information content (AvgIpc) is 2.99. The third-order valence-corrected chi connectivity index (χ3v) is 5.94. The number of anilines is 2. The number of nitrogen functional groups attached to an aromatic ring is 1. The Hall–Kier alpha value is -2.66. The maximum atomic E-state index is 14.3. The van der Waals surface area contributed by atoms with E-state index in [0.717, 1.165) is 32.4 Å². The van der Waals surface area contributed by atoms with Gasteiger partial charge in [-0.05, 0) is 13.0 Å². The van der Waals surface area contributed by atoms with Crippen molar-refractivity contribution in [3.63, 3.8) is 0 Å². The fourth-order valence-corrected chi connectivity index (χ4v) is 3.95. The highest BCUT2D eigenvalue weighted by Crippen LogP contribution is 2.55. The van der Waals surface area contributed by atoms with Gasteiger partial charge in [0.05, 0.1) is 24.7 Å². The monoisotopic (exact) mass is 479 g/mol. The number of hydrogen-bond donors (Lipinski definition) is 2. The molecule has 0 radical (unpaired) electrons. The van der Waals surface area contributed by atoms with Gasteiger partial charge in [-0.1, -0.05) is 24.6 Å². The molecular weight excluding hydrogens is 461 g/mol. The lowest BCUT2D eigenvalue weighted by Gasteiger charge is -2.32. The van der Waals surface area contributed by atoms with Crippen molar-refractivity contribution in [1.82, 2.24) is 4.98 Å². The van der Waals surface area contributed by atoms with Crippen molar-refractivity contribution in [2.24, 2.45) is 5.92 Å². The van der Waals surface area contributed by atoms with Gasteiger partial charge in [-0.3, -0.25) is 4.79 Å². The molecule has 6 nitrogen and oxygen atoms in total. The molecule has 3 rings (SSSR count). The topological polar surface area (TPSA) is 86.5 Å². The zero-order chi connectivity index (χ0) is 24.0. The number of pyridine rings is 1. The zero-order valence-corrected chi connectivity index (χ0v) is 17.8. The minimum atomic E-state index is -4.87. The summed E-state index contributed by atoms with van der Waals surface area (Å²) in [4.78, 5) is 16.8. The molecule has 0 unspecified atom stereocenters. The summed E-state index contributed by atoms with van der Waals surface area (Å²) < 4.78 is 80.0. The normalized spacial score (nSPS) is 25.6. The van der Waals surface area contributed by atoms with Gasteiger partial charge in [0.1, 0.15) is 11.3 Å². The Morgan fingerprint density at radius 1 is 1.34 bits per heavy atom. The maximum Gasteiger partial charge on any atom is 0.417 e. The average molecular weight is 480 g/mol. The number of aromatic nitrogens is 1. The van der Waals surface area contributed by atoms with Crippen molar-refractivity contribution in [2.45, 2.75) is 37.6 Å². The molecule has 0 saturated carbocycles. The smallest absolute Gasteiger partial charge is 0.417 e. The number of rotatable bonds is 4. The Labute approximate surface area is 184 Å². The van der Waals surface area contributed by atoms with E-state index in [9.17, 15) is 26.7 Å². The molecule has 0 bridgehead atoms. The van der Waals surface area contributed by atoms with E-state index < -0.39 is 53.0 Å². The first-order valence-corrected chi connectivity index (χ1v) is 9.68. The van der Waals surface area contributed by atoms with Crippen LogP contribution in [0.3, 0.4) is 0 Å². The molecule has 1 saturated heterocycles. The van der Waals surface area contributed by atoms with Gasteiger partial charge in [0.15, 0.2) is 17.2 Å². The number of hydrogen-bond acceptors (Lipinski definition) is 5. The molecule has 2 heterocycles. The van der Waals surface area contributed by atoms with E-state index >= 15 is 0 Å². The molecule has 0 aliphatic carbocycles. The second-order valence-corrected chi connectivity index (χ2v) is 7.91. The first-order chi connectivity index (χ1) is 14.8. The predicted octanol–water partition coefficient (Wildman–Crippen LogP) is 4.68. The van der Waals surface area contributed by atoms with Gasteiger partial charge < -0.3 is 20.5 Å². The molecule has 174 valence electrons. The molecule has 2 aromatic rings. The second-order valence-electron chi connectivity index (χ2n) is 7.53. The van der Waals surface area contributed by atoms with Gasteiger partial charge in [0.2, 0.25) is 5.82 Å². The summed E-state index contributed by atoms with van der Waals surface area (Å²) in [6.45, 7) is 2.01. The largest absolute Gasteiger partial charge is 0.493 e. The number of benzene rings is 1. The molecule has 1 fully saturated rings. The number of nitrogens with two attached hydrogens (primary N) is 1. The molecular formula is C20H19ClF5N3O3. The van der Waals surface area contributed by atoms with Crippen LogP contribution in [0.2, 0.25) is 5.15 Å². The van der Waals surface area contributed by atoms with Crippen molar-refractivity contribution in [1.29, 1.82) is 0 Å². The summed E-state index contributed by atoms with van der Waals surface area (Å²) in [7, 11) is 1.04. The number of alkyl halides is 3. The summed E-state index contributed by atoms with van der Waals surface area (Å²) in [5.74, 6) is -6.96. The van der Waals surface area contributed by atoms with Gasteiger partial charge in [-0.25, -0.2) is 9.37 Å². The molecule has 12 heteroatoms. The van der Waals surface area contributed by atoms with E-state index in [1.807, 2.05) is 0 Å². The van der Waals surface area contributed by atoms with Crippen LogP contribution < -0.4 is 15.8 Å². The lowest BCUT2D eigenvalue weighted by Crippen LogP contribution is -2.47. The molecule has 1 aromatic heterocycles. The molecule has 1 aromatic carbocycles. The van der Waals surface area contributed by atoms with Crippen LogP contribution in [0.25, 0.3) is 0 Å². The molecule has 3 N–H and O–H groups in total. The summed E-state index contributed by atoms with van der Waals surface area (Å²) in [5.41, 5.74) is 2.85. The third-order valence-electron chi connectivity index (χ3n) is 5.73. The predicted molar refractivity (Wildman–Crippen MR) is 106 cm³/mol. The second kappa shape index (κ2) is 8.36. The van der Waals surface area contributed by atoms with Gasteiger partial charge in [-0.2, -0.15) is 17.6 Å². The van der Waals surface area contributed by atoms with Gasteiger partial charge in [0, 0.05) is 23.5 Å². The number of carbonyl (C=O) groups excluding carboxylic acids is 1. The third kappa shape index (κ3) is 3.95. The van der Waals surface area contributed by atoms with Crippen LogP contribution in [-0.2, 0) is 9.53 Å². The highest BCUT2D eigenvalue weighted by molar-refractivity contribution is 6.29. The fourth-order valence-electron chi connectivity index (χ4n) is 3.79.